The maximum atomic E-state index is 12.9. The van der Waals surface area contributed by atoms with Gasteiger partial charge in [0.2, 0.25) is 5.91 Å². The van der Waals surface area contributed by atoms with Crippen molar-refractivity contribution in [2.75, 3.05) is 19.6 Å². The van der Waals surface area contributed by atoms with Crippen molar-refractivity contribution in [3.05, 3.63) is 65.5 Å². The molecule has 194 valence electrons. The van der Waals surface area contributed by atoms with Crippen LogP contribution >= 0.6 is 0 Å². The molecule has 1 unspecified atom stereocenters. The molecule has 2 aromatic rings. The monoisotopic (exact) mass is 506 g/mol. The number of nitrogens with one attached hydrogen (secondary N) is 2. The highest BCUT2D eigenvalue weighted by Gasteiger charge is 2.41. The zero-order valence-corrected chi connectivity index (χ0v) is 19.5. The Morgan fingerprint density at radius 3 is 2.53 bits per heavy atom. The highest BCUT2D eigenvalue weighted by Crippen LogP contribution is 2.38. The molecular formula is C25H29F3N4O4. The number of alkyl halides is 3. The molecule has 0 radical (unpaired) electrons. The van der Waals surface area contributed by atoms with Gasteiger partial charge in [-0.15, -0.1) is 0 Å². The van der Waals surface area contributed by atoms with Crippen LogP contribution in [-0.2, 0) is 16.6 Å². The quantitative estimate of drug-likeness (QED) is 0.475. The second-order valence-electron chi connectivity index (χ2n) is 9.43. The SMILES string of the molecule is O=C(CNC(=O)c1cccc(C(F)(F)F)c1)N[C@H]1CN(C2CCC(O)(c3ccccn3)CC2)CC1O. The molecule has 2 aliphatic rings. The Balaban J connectivity index is 1.25. The van der Waals surface area contributed by atoms with Crippen LogP contribution in [-0.4, -0.2) is 69.7 Å². The standard InChI is InChI=1S/C25H29F3N4O4/c26-25(27,28)17-5-3-4-16(12-17)23(35)30-13-22(34)31-19-14-32(15-20(19)33)18-7-9-24(36,10-8-18)21-6-1-2-11-29-21/h1-6,11-12,18-20,33,36H,7-10,13-15H2,(H,30,35)(H,31,34)/t18?,19-,20?,24?/m0/s1. The van der Waals surface area contributed by atoms with E-state index >= 15 is 0 Å². The number of pyridine rings is 1. The number of β-amino-alcohol motifs (C(OH)–C–C–N with tert-alkyl or cyclic N) is 1. The summed E-state index contributed by atoms with van der Waals surface area (Å²) in [5.41, 5.74) is -1.47. The van der Waals surface area contributed by atoms with Gasteiger partial charge in [-0.3, -0.25) is 19.5 Å². The van der Waals surface area contributed by atoms with Gasteiger partial charge in [-0.05, 0) is 56.0 Å². The average molecular weight is 507 g/mol. The normalized spacial score (nSPS) is 27.0. The lowest BCUT2D eigenvalue weighted by molar-refractivity contribution is -0.137. The molecule has 1 aromatic heterocycles. The van der Waals surface area contributed by atoms with Crippen molar-refractivity contribution >= 4 is 11.8 Å². The maximum Gasteiger partial charge on any atom is 0.416 e. The van der Waals surface area contributed by atoms with Crippen LogP contribution in [0.3, 0.4) is 0 Å². The third-order valence-corrected chi connectivity index (χ3v) is 6.97. The molecule has 8 nitrogen and oxygen atoms in total. The molecule has 1 saturated carbocycles. The van der Waals surface area contributed by atoms with E-state index in [4.69, 9.17) is 0 Å². The smallest absolute Gasteiger partial charge is 0.390 e. The number of aromatic nitrogens is 1. The fraction of sp³-hybridized carbons (Fsp3) is 0.480. The molecule has 1 aromatic carbocycles. The van der Waals surface area contributed by atoms with E-state index in [1.165, 1.54) is 6.07 Å². The number of benzene rings is 1. The highest BCUT2D eigenvalue weighted by molar-refractivity contribution is 5.96. The van der Waals surface area contributed by atoms with E-state index < -0.39 is 47.8 Å². The fourth-order valence-corrected chi connectivity index (χ4v) is 4.95. The number of aliphatic hydroxyl groups excluding tert-OH is 1. The number of hydrogen-bond acceptors (Lipinski definition) is 6. The minimum Gasteiger partial charge on any atom is -0.390 e. The zero-order chi connectivity index (χ0) is 25.9. The molecule has 1 aliphatic heterocycles. The lowest BCUT2D eigenvalue weighted by Crippen LogP contribution is -2.47. The summed E-state index contributed by atoms with van der Waals surface area (Å²) < 4.78 is 38.6. The van der Waals surface area contributed by atoms with Crippen LogP contribution < -0.4 is 10.6 Å². The summed E-state index contributed by atoms with van der Waals surface area (Å²) >= 11 is 0. The summed E-state index contributed by atoms with van der Waals surface area (Å²) in [6.45, 7) is 0.355. The van der Waals surface area contributed by atoms with Crippen LogP contribution in [0.2, 0.25) is 0 Å². The van der Waals surface area contributed by atoms with E-state index in [1.807, 2.05) is 12.1 Å². The molecule has 0 bridgehead atoms. The van der Waals surface area contributed by atoms with Crippen molar-refractivity contribution in [2.24, 2.45) is 0 Å². The van der Waals surface area contributed by atoms with Crippen molar-refractivity contribution in [2.45, 2.75) is 55.6 Å². The van der Waals surface area contributed by atoms with Gasteiger partial charge in [-0.25, -0.2) is 0 Å². The molecular weight excluding hydrogens is 477 g/mol. The van der Waals surface area contributed by atoms with Crippen LogP contribution in [0.5, 0.6) is 0 Å². The number of nitrogens with zero attached hydrogens (tertiary/aromatic N) is 2. The van der Waals surface area contributed by atoms with Crippen LogP contribution in [0.25, 0.3) is 0 Å². The first kappa shape index (κ1) is 26.1. The Morgan fingerprint density at radius 1 is 1.11 bits per heavy atom. The van der Waals surface area contributed by atoms with E-state index in [0.717, 1.165) is 18.2 Å². The summed E-state index contributed by atoms with van der Waals surface area (Å²) in [5.74, 6) is -1.35. The molecule has 4 N–H and O–H groups in total. The average Bonchev–Trinajstić information content (AvgIpc) is 3.22. The van der Waals surface area contributed by atoms with E-state index in [9.17, 15) is 33.0 Å². The largest absolute Gasteiger partial charge is 0.416 e. The molecule has 1 saturated heterocycles. The van der Waals surface area contributed by atoms with Gasteiger partial charge in [0.15, 0.2) is 0 Å². The van der Waals surface area contributed by atoms with Crippen LogP contribution in [0.15, 0.2) is 48.7 Å². The molecule has 2 amide bonds. The molecule has 2 heterocycles. The number of carbonyl (C=O) groups is 2. The highest BCUT2D eigenvalue weighted by atomic mass is 19.4. The van der Waals surface area contributed by atoms with Crippen molar-refractivity contribution in [3.63, 3.8) is 0 Å². The fourth-order valence-electron chi connectivity index (χ4n) is 4.95. The van der Waals surface area contributed by atoms with E-state index in [2.05, 4.69) is 20.5 Å². The number of amides is 2. The number of rotatable bonds is 6. The van der Waals surface area contributed by atoms with E-state index in [-0.39, 0.29) is 11.6 Å². The third-order valence-electron chi connectivity index (χ3n) is 6.97. The van der Waals surface area contributed by atoms with Crippen molar-refractivity contribution in [1.29, 1.82) is 0 Å². The molecule has 0 spiro atoms. The first-order valence-corrected chi connectivity index (χ1v) is 11.9. The van der Waals surface area contributed by atoms with Crippen LogP contribution in [0.1, 0.15) is 47.3 Å². The van der Waals surface area contributed by atoms with Gasteiger partial charge < -0.3 is 20.8 Å². The topological polar surface area (TPSA) is 115 Å². The summed E-state index contributed by atoms with van der Waals surface area (Å²) in [6.07, 6.45) is -1.20. The first-order chi connectivity index (χ1) is 17.0. The molecule has 2 atom stereocenters. The van der Waals surface area contributed by atoms with Crippen LogP contribution in [0, 0.1) is 0 Å². The molecule has 4 rings (SSSR count). The number of aliphatic hydroxyl groups is 2. The minimum absolute atomic E-state index is 0.145. The molecule has 36 heavy (non-hydrogen) atoms. The minimum atomic E-state index is -4.58. The summed E-state index contributed by atoms with van der Waals surface area (Å²) in [5, 5.41) is 26.5. The van der Waals surface area contributed by atoms with E-state index in [1.54, 1.807) is 12.3 Å². The first-order valence-electron chi connectivity index (χ1n) is 11.9. The number of halogens is 3. The Morgan fingerprint density at radius 2 is 1.86 bits per heavy atom. The predicted octanol–water partition coefficient (Wildman–Crippen LogP) is 1.82. The Kier molecular flexibility index (Phi) is 7.62. The van der Waals surface area contributed by atoms with Gasteiger partial charge >= 0.3 is 6.18 Å². The van der Waals surface area contributed by atoms with Gasteiger partial charge in [-0.2, -0.15) is 13.2 Å². The van der Waals surface area contributed by atoms with Gasteiger partial charge in [0.05, 0.1) is 29.9 Å². The maximum absolute atomic E-state index is 12.9. The molecule has 2 fully saturated rings. The Labute approximate surface area is 206 Å². The van der Waals surface area contributed by atoms with E-state index in [0.29, 0.717) is 44.5 Å². The summed E-state index contributed by atoms with van der Waals surface area (Å²) in [7, 11) is 0. The number of carbonyl (C=O) groups excluding carboxylic acids is 2. The van der Waals surface area contributed by atoms with Gasteiger partial charge in [0, 0.05) is 30.9 Å². The Bertz CT molecular complexity index is 1070. The molecule has 11 heteroatoms. The summed E-state index contributed by atoms with van der Waals surface area (Å²) in [4.78, 5) is 30.9. The number of hydrogen-bond donors (Lipinski definition) is 4. The Hall–Kier alpha value is -3.02. The summed E-state index contributed by atoms with van der Waals surface area (Å²) in [6, 6.07) is 9.02. The van der Waals surface area contributed by atoms with Crippen molar-refractivity contribution < 1.29 is 33.0 Å². The third kappa shape index (κ3) is 6.03. The van der Waals surface area contributed by atoms with Gasteiger partial charge in [0.25, 0.3) is 5.91 Å². The number of likely N-dealkylation sites (tertiary alicyclic amines) is 1. The van der Waals surface area contributed by atoms with Crippen molar-refractivity contribution in [1.82, 2.24) is 20.5 Å². The van der Waals surface area contributed by atoms with Gasteiger partial charge in [0.1, 0.15) is 5.60 Å². The lowest BCUT2D eigenvalue weighted by Gasteiger charge is -2.39. The second-order valence-corrected chi connectivity index (χ2v) is 9.43. The zero-order valence-electron chi connectivity index (χ0n) is 19.5. The van der Waals surface area contributed by atoms with Gasteiger partial charge in [-0.1, -0.05) is 12.1 Å². The lowest BCUT2D eigenvalue weighted by atomic mass is 9.79. The second kappa shape index (κ2) is 10.5. The van der Waals surface area contributed by atoms with Crippen molar-refractivity contribution in [3.8, 4) is 0 Å². The predicted molar refractivity (Wildman–Crippen MR) is 124 cm³/mol. The van der Waals surface area contributed by atoms with Crippen LogP contribution in [0.4, 0.5) is 13.2 Å². The molecule has 1 aliphatic carbocycles.